The van der Waals surface area contributed by atoms with Crippen LogP contribution in [-0.4, -0.2) is 32.9 Å². The quantitative estimate of drug-likeness (QED) is 0.802. The minimum atomic E-state index is -3.44. The van der Waals surface area contributed by atoms with E-state index in [1.54, 1.807) is 29.6 Å². The highest BCUT2D eigenvalue weighted by Crippen LogP contribution is 2.25. The van der Waals surface area contributed by atoms with Gasteiger partial charge in [0.25, 0.3) is 0 Å². The number of anilines is 1. The molecule has 0 aliphatic rings. The highest BCUT2D eigenvalue weighted by molar-refractivity contribution is 7.89. The van der Waals surface area contributed by atoms with Gasteiger partial charge >= 0.3 is 0 Å². The van der Waals surface area contributed by atoms with E-state index >= 15 is 0 Å². The SMILES string of the molecule is CCC(CC)CN(CC)S(=O)(=O)c1ccccc1NC. The Morgan fingerprint density at radius 2 is 1.75 bits per heavy atom. The zero-order valence-corrected chi connectivity index (χ0v) is 13.7. The van der Waals surface area contributed by atoms with Crippen LogP contribution >= 0.6 is 0 Å². The van der Waals surface area contributed by atoms with Crippen LogP contribution in [0.1, 0.15) is 33.6 Å². The molecule has 0 saturated carbocycles. The third-order valence-electron chi connectivity index (χ3n) is 3.74. The van der Waals surface area contributed by atoms with Crippen LogP contribution in [0.3, 0.4) is 0 Å². The van der Waals surface area contributed by atoms with Gasteiger partial charge in [0.05, 0.1) is 5.69 Å². The van der Waals surface area contributed by atoms with Gasteiger partial charge in [0.1, 0.15) is 4.90 Å². The minimum absolute atomic E-state index is 0.357. The lowest BCUT2D eigenvalue weighted by Crippen LogP contribution is -2.35. The van der Waals surface area contributed by atoms with Crippen molar-refractivity contribution in [1.82, 2.24) is 4.31 Å². The summed E-state index contributed by atoms with van der Waals surface area (Å²) in [5, 5.41) is 2.96. The van der Waals surface area contributed by atoms with E-state index in [9.17, 15) is 8.42 Å². The van der Waals surface area contributed by atoms with E-state index in [1.807, 2.05) is 13.0 Å². The third kappa shape index (κ3) is 3.73. The molecule has 5 heteroatoms. The maximum absolute atomic E-state index is 12.8. The molecular weight excluding hydrogens is 272 g/mol. The second kappa shape index (κ2) is 7.64. The highest BCUT2D eigenvalue weighted by Gasteiger charge is 2.26. The maximum atomic E-state index is 12.8. The van der Waals surface area contributed by atoms with Crippen LogP contribution in [0.25, 0.3) is 0 Å². The first-order valence-corrected chi connectivity index (χ1v) is 8.72. The lowest BCUT2D eigenvalue weighted by Gasteiger charge is -2.25. The Balaban J connectivity index is 3.12. The first-order chi connectivity index (χ1) is 9.51. The van der Waals surface area contributed by atoms with Gasteiger partial charge in [0, 0.05) is 20.1 Å². The van der Waals surface area contributed by atoms with Gasteiger partial charge in [0.2, 0.25) is 10.0 Å². The molecule has 0 fully saturated rings. The summed E-state index contributed by atoms with van der Waals surface area (Å²) in [4.78, 5) is 0.357. The fourth-order valence-corrected chi connectivity index (χ4v) is 3.99. The number of para-hydroxylation sites is 1. The summed E-state index contributed by atoms with van der Waals surface area (Å²) in [5.41, 5.74) is 0.649. The molecule has 0 unspecified atom stereocenters. The Labute approximate surface area is 123 Å². The third-order valence-corrected chi connectivity index (χ3v) is 5.74. The monoisotopic (exact) mass is 298 g/mol. The van der Waals surface area contributed by atoms with Gasteiger partial charge in [-0.1, -0.05) is 45.7 Å². The first-order valence-electron chi connectivity index (χ1n) is 7.28. The summed E-state index contributed by atoms with van der Waals surface area (Å²) in [6.07, 6.45) is 1.99. The van der Waals surface area contributed by atoms with E-state index in [4.69, 9.17) is 0 Å². The molecule has 4 nitrogen and oxygen atoms in total. The molecule has 0 bridgehead atoms. The van der Waals surface area contributed by atoms with Gasteiger partial charge in [-0.15, -0.1) is 0 Å². The molecule has 0 atom stereocenters. The van der Waals surface area contributed by atoms with Crippen molar-refractivity contribution >= 4 is 15.7 Å². The lowest BCUT2D eigenvalue weighted by atomic mass is 10.0. The zero-order chi connectivity index (χ0) is 15.2. The average molecular weight is 298 g/mol. The molecule has 1 rings (SSSR count). The molecule has 114 valence electrons. The van der Waals surface area contributed by atoms with Crippen LogP contribution in [0, 0.1) is 5.92 Å². The topological polar surface area (TPSA) is 49.4 Å². The summed E-state index contributed by atoms with van der Waals surface area (Å²) in [6, 6.07) is 7.05. The van der Waals surface area contributed by atoms with Crippen LogP contribution in [0.2, 0.25) is 0 Å². The summed E-state index contributed by atoms with van der Waals surface area (Å²) in [5.74, 6) is 0.409. The predicted octanol–water partition coefficient (Wildman–Crippen LogP) is 3.18. The fourth-order valence-electron chi connectivity index (χ4n) is 2.27. The number of sulfonamides is 1. The number of rotatable bonds is 8. The van der Waals surface area contributed by atoms with E-state index in [1.165, 1.54) is 0 Å². The van der Waals surface area contributed by atoms with E-state index in [0.29, 0.717) is 29.6 Å². The largest absolute Gasteiger partial charge is 0.387 e. The maximum Gasteiger partial charge on any atom is 0.245 e. The molecule has 0 heterocycles. The van der Waals surface area contributed by atoms with Gasteiger partial charge in [0.15, 0.2) is 0 Å². The van der Waals surface area contributed by atoms with Crippen LogP contribution < -0.4 is 5.32 Å². The van der Waals surface area contributed by atoms with Gasteiger partial charge in [-0.05, 0) is 18.1 Å². The highest BCUT2D eigenvalue weighted by atomic mass is 32.2. The van der Waals surface area contributed by atoms with Gasteiger partial charge in [-0.2, -0.15) is 4.31 Å². The van der Waals surface area contributed by atoms with E-state index in [2.05, 4.69) is 19.2 Å². The summed E-state index contributed by atoms with van der Waals surface area (Å²) in [7, 11) is -1.70. The summed E-state index contributed by atoms with van der Waals surface area (Å²) >= 11 is 0. The first kappa shape index (κ1) is 17.0. The number of benzene rings is 1. The Morgan fingerprint density at radius 3 is 2.25 bits per heavy atom. The average Bonchev–Trinajstić information content (AvgIpc) is 2.48. The fraction of sp³-hybridized carbons (Fsp3) is 0.600. The Kier molecular flexibility index (Phi) is 6.49. The molecule has 0 amide bonds. The summed E-state index contributed by atoms with van der Waals surface area (Å²) < 4.78 is 27.2. The van der Waals surface area contributed by atoms with Crippen molar-refractivity contribution in [2.24, 2.45) is 5.92 Å². The second-order valence-electron chi connectivity index (χ2n) is 4.88. The van der Waals surface area contributed by atoms with E-state index < -0.39 is 10.0 Å². The molecule has 0 saturated heterocycles. The Hall–Kier alpha value is -1.07. The molecular formula is C15H26N2O2S. The van der Waals surface area contributed by atoms with Crippen molar-refractivity contribution in [2.75, 3.05) is 25.5 Å². The smallest absolute Gasteiger partial charge is 0.245 e. The second-order valence-corrected chi connectivity index (χ2v) is 6.79. The molecule has 20 heavy (non-hydrogen) atoms. The van der Waals surface area contributed by atoms with Gasteiger partial charge in [-0.25, -0.2) is 8.42 Å². The summed E-state index contributed by atoms with van der Waals surface area (Å²) in [6.45, 7) is 7.19. The molecule has 0 radical (unpaired) electrons. The normalized spacial score (nSPS) is 12.1. The lowest BCUT2D eigenvalue weighted by molar-refractivity contribution is 0.339. The standard InChI is InChI=1S/C15H26N2O2S/c1-5-13(6-2)12-17(7-3)20(18,19)15-11-9-8-10-14(15)16-4/h8-11,13,16H,5-7,12H2,1-4H3. The predicted molar refractivity (Wildman–Crippen MR) is 84.5 cm³/mol. The molecule has 0 aliphatic heterocycles. The van der Waals surface area contributed by atoms with Gasteiger partial charge in [-0.3, -0.25) is 0 Å². The Bertz CT molecular complexity index is 510. The van der Waals surface area contributed by atoms with Gasteiger partial charge < -0.3 is 5.32 Å². The van der Waals surface area contributed by atoms with Crippen molar-refractivity contribution in [3.8, 4) is 0 Å². The van der Waals surface area contributed by atoms with Crippen LogP contribution in [-0.2, 0) is 10.0 Å². The zero-order valence-electron chi connectivity index (χ0n) is 12.9. The van der Waals surface area contributed by atoms with Crippen LogP contribution in [0.15, 0.2) is 29.2 Å². The molecule has 1 aromatic carbocycles. The number of nitrogens with one attached hydrogen (secondary N) is 1. The van der Waals surface area contributed by atoms with E-state index in [-0.39, 0.29) is 0 Å². The van der Waals surface area contributed by atoms with Crippen LogP contribution in [0.4, 0.5) is 5.69 Å². The van der Waals surface area contributed by atoms with Crippen molar-refractivity contribution in [3.05, 3.63) is 24.3 Å². The Morgan fingerprint density at radius 1 is 1.15 bits per heavy atom. The van der Waals surface area contributed by atoms with E-state index in [0.717, 1.165) is 12.8 Å². The number of nitrogens with zero attached hydrogens (tertiary/aromatic N) is 1. The van der Waals surface area contributed by atoms with Crippen molar-refractivity contribution in [2.45, 2.75) is 38.5 Å². The molecule has 0 aromatic heterocycles. The molecule has 1 N–H and O–H groups in total. The molecule has 1 aromatic rings. The molecule has 0 aliphatic carbocycles. The van der Waals surface area contributed by atoms with Crippen LogP contribution in [0.5, 0.6) is 0 Å². The van der Waals surface area contributed by atoms with Crippen molar-refractivity contribution < 1.29 is 8.42 Å². The minimum Gasteiger partial charge on any atom is -0.387 e. The van der Waals surface area contributed by atoms with Crippen molar-refractivity contribution in [3.63, 3.8) is 0 Å². The number of hydrogen-bond donors (Lipinski definition) is 1. The number of hydrogen-bond acceptors (Lipinski definition) is 3. The molecule has 0 spiro atoms. The van der Waals surface area contributed by atoms with Crippen molar-refractivity contribution in [1.29, 1.82) is 0 Å².